The van der Waals surface area contributed by atoms with Crippen LogP contribution < -0.4 is 11.1 Å². The number of sulfonamides is 1. The number of nitrogens with one attached hydrogen (secondary N) is 1. The van der Waals surface area contributed by atoms with Crippen molar-refractivity contribution in [3.8, 4) is 0 Å². The van der Waals surface area contributed by atoms with E-state index in [2.05, 4.69) is 5.32 Å². The molecule has 2 amide bonds. The van der Waals surface area contributed by atoms with E-state index in [1.54, 1.807) is 6.07 Å². The molecular formula is C23H30N4O4S2. The van der Waals surface area contributed by atoms with Gasteiger partial charge in [-0.1, -0.05) is 17.7 Å². The van der Waals surface area contributed by atoms with Crippen LogP contribution in [0.25, 0.3) is 0 Å². The quantitative estimate of drug-likeness (QED) is 0.645. The van der Waals surface area contributed by atoms with E-state index in [9.17, 15) is 18.0 Å². The third kappa shape index (κ3) is 4.98. The third-order valence-corrected chi connectivity index (χ3v) is 9.58. The number of fused-ring (bicyclic) bond motifs is 1. The minimum absolute atomic E-state index is 0.137. The lowest BCUT2D eigenvalue weighted by Crippen LogP contribution is -2.50. The fourth-order valence-electron chi connectivity index (χ4n) is 4.64. The molecule has 10 heteroatoms. The second-order valence-corrected chi connectivity index (χ2v) is 11.8. The number of hydrogen-bond acceptors (Lipinski definition) is 6. The van der Waals surface area contributed by atoms with Gasteiger partial charge in [0.15, 0.2) is 0 Å². The van der Waals surface area contributed by atoms with Crippen molar-refractivity contribution >= 4 is 38.2 Å². The van der Waals surface area contributed by atoms with Crippen molar-refractivity contribution in [1.82, 2.24) is 9.21 Å². The van der Waals surface area contributed by atoms with Gasteiger partial charge in [-0.25, -0.2) is 8.42 Å². The van der Waals surface area contributed by atoms with E-state index in [0.717, 1.165) is 47.3 Å². The van der Waals surface area contributed by atoms with Gasteiger partial charge in [0.1, 0.15) is 5.00 Å². The lowest BCUT2D eigenvalue weighted by molar-refractivity contribution is -0.117. The topological polar surface area (TPSA) is 113 Å². The van der Waals surface area contributed by atoms with Gasteiger partial charge in [0.25, 0.3) is 5.91 Å². The lowest BCUT2D eigenvalue weighted by atomic mass is 9.95. The van der Waals surface area contributed by atoms with E-state index < -0.39 is 15.9 Å². The van der Waals surface area contributed by atoms with Gasteiger partial charge >= 0.3 is 0 Å². The third-order valence-electron chi connectivity index (χ3n) is 6.32. The number of hydrogen-bond donors (Lipinski definition) is 2. The number of rotatable bonds is 6. The van der Waals surface area contributed by atoms with Crippen LogP contribution in [-0.4, -0.2) is 62.2 Å². The van der Waals surface area contributed by atoms with Crippen LogP contribution in [-0.2, 0) is 27.7 Å². The van der Waals surface area contributed by atoms with Crippen molar-refractivity contribution in [2.24, 2.45) is 5.73 Å². The Kier molecular flexibility index (Phi) is 6.90. The first-order valence-electron chi connectivity index (χ1n) is 11.2. The second-order valence-electron chi connectivity index (χ2n) is 8.78. The predicted molar refractivity (Wildman–Crippen MR) is 129 cm³/mol. The van der Waals surface area contributed by atoms with Crippen molar-refractivity contribution in [2.75, 3.05) is 38.0 Å². The van der Waals surface area contributed by atoms with Gasteiger partial charge in [-0.2, -0.15) is 4.31 Å². The lowest BCUT2D eigenvalue weighted by Gasteiger charge is -2.33. The Morgan fingerprint density at radius 1 is 1.09 bits per heavy atom. The maximum atomic E-state index is 13.1. The highest BCUT2D eigenvalue weighted by atomic mass is 32.2. The van der Waals surface area contributed by atoms with E-state index in [1.165, 1.54) is 15.6 Å². The zero-order chi connectivity index (χ0) is 23.8. The molecule has 0 bridgehead atoms. The maximum absolute atomic E-state index is 13.1. The number of anilines is 1. The van der Waals surface area contributed by atoms with Crippen LogP contribution in [0.3, 0.4) is 0 Å². The van der Waals surface area contributed by atoms with Crippen LogP contribution in [0.2, 0.25) is 0 Å². The first-order valence-corrected chi connectivity index (χ1v) is 13.5. The summed E-state index contributed by atoms with van der Waals surface area (Å²) in [5.74, 6) is -0.725. The average Bonchev–Trinajstić information content (AvgIpc) is 3.11. The minimum atomic E-state index is -3.57. The molecule has 1 aromatic carbocycles. The molecule has 33 heavy (non-hydrogen) atoms. The van der Waals surface area contributed by atoms with Crippen LogP contribution in [0.1, 0.15) is 44.8 Å². The normalized spacial score (nSPS) is 17.5. The molecule has 1 aliphatic heterocycles. The zero-order valence-electron chi connectivity index (χ0n) is 19.0. The smallest absolute Gasteiger partial charge is 0.251 e. The van der Waals surface area contributed by atoms with Gasteiger partial charge in [0, 0.05) is 31.1 Å². The Morgan fingerprint density at radius 3 is 2.45 bits per heavy atom. The number of aryl methyl sites for hydroxylation is 3. The molecule has 2 heterocycles. The standard InChI is InChI=1S/C23H30N4O4S2/c1-15-7-8-19(16(2)13-15)33(30,31)27-11-9-26(10-12-27)14-20(28)25-23-21(22(24)29)17-5-3-4-6-18(17)32-23/h7-8,13H,3-6,9-12,14H2,1-2H3,(H2,24,29)(H,25,28). The molecular weight excluding hydrogens is 460 g/mol. The van der Waals surface area contributed by atoms with E-state index in [4.69, 9.17) is 5.73 Å². The van der Waals surface area contributed by atoms with E-state index in [-0.39, 0.29) is 12.5 Å². The summed E-state index contributed by atoms with van der Waals surface area (Å²) in [6, 6.07) is 5.34. The zero-order valence-corrected chi connectivity index (χ0v) is 20.7. The molecule has 3 N–H and O–H groups in total. The molecule has 2 aromatic rings. The maximum Gasteiger partial charge on any atom is 0.251 e. The SMILES string of the molecule is Cc1ccc(S(=O)(=O)N2CCN(CC(=O)Nc3sc4c(c3C(N)=O)CCCC4)CC2)c(C)c1. The highest BCUT2D eigenvalue weighted by Gasteiger charge is 2.31. The van der Waals surface area contributed by atoms with Gasteiger partial charge in [-0.3, -0.25) is 14.5 Å². The first-order chi connectivity index (χ1) is 15.7. The number of nitrogens with zero attached hydrogens (tertiary/aromatic N) is 2. The Labute approximate surface area is 198 Å². The molecule has 1 fully saturated rings. The summed E-state index contributed by atoms with van der Waals surface area (Å²) in [6.07, 6.45) is 3.82. The molecule has 0 radical (unpaired) electrons. The predicted octanol–water partition coefficient (Wildman–Crippen LogP) is 2.29. The van der Waals surface area contributed by atoms with Crippen molar-refractivity contribution in [1.29, 1.82) is 0 Å². The highest BCUT2D eigenvalue weighted by molar-refractivity contribution is 7.89. The fourth-order valence-corrected chi connectivity index (χ4v) is 7.58. The number of benzene rings is 1. The molecule has 1 aromatic heterocycles. The van der Waals surface area contributed by atoms with Gasteiger partial charge in [-0.15, -0.1) is 11.3 Å². The first kappa shape index (κ1) is 23.9. The van der Waals surface area contributed by atoms with Crippen molar-refractivity contribution < 1.29 is 18.0 Å². The summed E-state index contributed by atoms with van der Waals surface area (Å²) in [7, 11) is -3.57. The molecule has 8 nitrogen and oxygen atoms in total. The highest BCUT2D eigenvalue weighted by Crippen LogP contribution is 2.37. The monoisotopic (exact) mass is 490 g/mol. The van der Waals surface area contributed by atoms with Gasteiger partial charge in [0.05, 0.1) is 17.0 Å². The number of carbonyl (C=O) groups is 2. The Bertz CT molecular complexity index is 1180. The van der Waals surface area contributed by atoms with Gasteiger partial charge in [0.2, 0.25) is 15.9 Å². The van der Waals surface area contributed by atoms with Crippen molar-refractivity contribution in [3.05, 3.63) is 45.3 Å². The molecule has 178 valence electrons. The summed E-state index contributed by atoms with van der Waals surface area (Å²) in [5.41, 5.74) is 8.80. The molecule has 0 unspecified atom stereocenters. The van der Waals surface area contributed by atoms with Crippen LogP contribution in [0, 0.1) is 13.8 Å². The van der Waals surface area contributed by atoms with Crippen LogP contribution in [0.15, 0.2) is 23.1 Å². The Balaban J connectivity index is 1.37. The minimum Gasteiger partial charge on any atom is -0.365 e. The van der Waals surface area contributed by atoms with Gasteiger partial charge < -0.3 is 11.1 Å². The van der Waals surface area contributed by atoms with E-state index in [0.29, 0.717) is 41.6 Å². The molecule has 4 rings (SSSR count). The molecule has 0 atom stereocenters. The van der Waals surface area contributed by atoms with Gasteiger partial charge in [-0.05, 0) is 56.7 Å². The summed E-state index contributed by atoms with van der Waals surface area (Å²) in [6.45, 7) is 5.44. The van der Waals surface area contributed by atoms with Crippen molar-refractivity contribution in [3.63, 3.8) is 0 Å². The number of amides is 2. The Morgan fingerprint density at radius 2 is 1.79 bits per heavy atom. The molecule has 0 saturated carbocycles. The summed E-state index contributed by atoms with van der Waals surface area (Å²) in [5, 5.41) is 3.42. The van der Waals surface area contributed by atoms with Crippen LogP contribution in [0.4, 0.5) is 5.00 Å². The fraction of sp³-hybridized carbons (Fsp3) is 0.478. The molecule has 2 aliphatic rings. The van der Waals surface area contributed by atoms with Crippen LogP contribution in [0.5, 0.6) is 0 Å². The number of carbonyl (C=O) groups excluding carboxylic acids is 2. The number of piperazine rings is 1. The molecule has 1 saturated heterocycles. The van der Waals surface area contributed by atoms with Crippen LogP contribution >= 0.6 is 11.3 Å². The number of nitrogens with two attached hydrogens (primary N) is 1. The second kappa shape index (κ2) is 9.54. The average molecular weight is 491 g/mol. The summed E-state index contributed by atoms with van der Waals surface area (Å²) < 4.78 is 27.6. The summed E-state index contributed by atoms with van der Waals surface area (Å²) >= 11 is 1.45. The number of primary amides is 1. The van der Waals surface area contributed by atoms with E-state index in [1.807, 2.05) is 30.9 Å². The van der Waals surface area contributed by atoms with E-state index >= 15 is 0 Å². The summed E-state index contributed by atoms with van der Waals surface area (Å²) in [4.78, 5) is 28.1. The Hall–Kier alpha value is -2.27. The number of thiophene rings is 1. The van der Waals surface area contributed by atoms with Crippen molar-refractivity contribution in [2.45, 2.75) is 44.4 Å². The molecule has 1 aliphatic carbocycles. The largest absolute Gasteiger partial charge is 0.365 e. The molecule has 0 spiro atoms.